The van der Waals surface area contributed by atoms with E-state index in [9.17, 15) is 4.79 Å². The first kappa shape index (κ1) is 16.8. The molecule has 4 rings (SSSR count). The molecular formula is C20H18ClN3O2. The van der Waals surface area contributed by atoms with Crippen molar-refractivity contribution in [2.24, 2.45) is 0 Å². The van der Waals surface area contributed by atoms with Gasteiger partial charge in [-0.25, -0.2) is 0 Å². The van der Waals surface area contributed by atoms with Gasteiger partial charge in [0.25, 0.3) is 0 Å². The lowest BCUT2D eigenvalue weighted by Gasteiger charge is -2.12. The number of benzene rings is 1. The summed E-state index contributed by atoms with van der Waals surface area (Å²) in [5, 5.41) is 7.86. The number of nitrogens with one attached hydrogen (secondary N) is 1. The predicted molar refractivity (Wildman–Crippen MR) is 98.8 cm³/mol. The molecule has 0 radical (unpaired) electrons. The van der Waals surface area contributed by atoms with E-state index >= 15 is 0 Å². The summed E-state index contributed by atoms with van der Waals surface area (Å²) in [6.45, 7) is 0.590. The molecule has 2 aromatic heterocycles. The Morgan fingerprint density at radius 1 is 1.15 bits per heavy atom. The molecule has 1 aromatic carbocycles. The number of nitrogens with zero attached hydrogens (tertiary/aromatic N) is 2. The van der Waals surface area contributed by atoms with Crippen molar-refractivity contribution in [2.45, 2.75) is 24.7 Å². The van der Waals surface area contributed by atoms with Crippen LogP contribution in [0.15, 0.2) is 59.4 Å². The topological polar surface area (TPSA) is 68.0 Å². The number of halogens is 1. The van der Waals surface area contributed by atoms with Gasteiger partial charge in [0.1, 0.15) is 0 Å². The smallest absolute Gasteiger partial charge is 0.232 e. The molecule has 5 nitrogen and oxygen atoms in total. The number of carbonyl (C=O) groups is 1. The van der Waals surface area contributed by atoms with Gasteiger partial charge in [-0.05, 0) is 61.2 Å². The molecule has 1 saturated carbocycles. The highest BCUT2D eigenvalue weighted by molar-refractivity contribution is 6.30. The van der Waals surface area contributed by atoms with Gasteiger partial charge in [-0.2, -0.15) is 0 Å². The van der Waals surface area contributed by atoms with Crippen LogP contribution in [0.3, 0.4) is 0 Å². The van der Waals surface area contributed by atoms with E-state index in [1.54, 1.807) is 24.5 Å². The van der Waals surface area contributed by atoms with Crippen LogP contribution in [0.25, 0.3) is 11.3 Å². The molecule has 26 heavy (non-hydrogen) atoms. The average Bonchev–Trinajstić information content (AvgIpc) is 3.33. The fraction of sp³-hybridized carbons (Fsp3) is 0.250. The third-order valence-corrected chi connectivity index (χ3v) is 5.01. The number of pyridine rings is 1. The lowest BCUT2D eigenvalue weighted by molar-refractivity contribution is -0.123. The van der Waals surface area contributed by atoms with E-state index in [4.69, 9.17) is 16.1 Å². The Kier molecular flexibility index (Phi) is 4.47. The first-order valence-corrected chi connectivity index (χ1v) is 8.95. The van der Waals surface area contributed by atoms with E-state index < -0.39 is 5.41 Å². The lowest BCUT2D eigenvalue weighted by atomic mass is 10.00. The lowest BCUT2D eigenvalue weighted by Crippen LogP contribution is -2.36. The van der Waals surface area contributed by atoms with Gasteiger partial charge in [0, 0.05) is 35.6 Å². The third-order valence-electron chi connectivity index (χ3n) is 4.76. The van der Waals surface area contributed by atoms with Crippen LogP contribution in [-0.4, -0.2) is 22.6 Å². The van der Waals surface area contributed by atoms with E-state index in [1.165, 1.54) is 0 Å². The van der Waals surface area contributed by atoms with Crippen LogP contribution in [0.1, 0.15) is 24.1 Å². The molecule has 132 valence electrons. The van der Waals surface area contributed by atoms with Gasteiger partial charge >= 0.3 is 0 Å². The number of rotatable bonds is 6. The second-order valence-electron chi connectivity index (χ2n) is 6.53. The van der Waals surface area contributed by atoms with Gasteiger partial charge in [-0.3, -0.25) is 9.78 Å². The number of amides is 1. The first-order valence-electron chi connectivity index (χ1n) is 8.58. The third kappa shape index (κ3) is 3.35. The zero-order valence-corrected chi connectivity index (χ0v) is 14.9. The fourth-order valence-electron chi connectivity index (χ4n) is 3.01. The summed E-state index contributed by atoms with van der Waals surface area (Å²) >= 11 is 5.92. The number of hydrogen-bond donors (Lipinski definition) is 1. The summed E-state index contributed by atoms with van der Waals surface area (Å²) in [5.41, 5.74) is 2.19. The maximum atomic E-state index is 12.7. The largest absolute Gasteiger partial charge is 0.356 e. The highest BCUT2D eigenvalue weighted by Gasteiger charge is 2.53. The molecule has 6 heteroatoms. The minimum atomic E-state index is -0.549. The van der Waals surface area contributed by atoms with Crippen molar-refractivity contribution in [3.05, 3.63) is 71.1 Å². The molecule has 0 spiro atoms. The van der Waals surface area contributed by atoms with Gasteiger partial charge in [-0.1, -0.05) is 16.8 Å². The van der Waals surface area contributed by atoms with E-state index in [1.807, 2.05) is 30.3 Å². The normalized spacial score (nSPS) is 14.8. The quantitative estimate of drug-likeness (QED) is 0.719. The standard InChI is InChI=1S/C20H18ClN3O2/c21-16-3-1-15(2-4-16)17-13-18(24-26-17)20(8-9-20)19(25)23-12-7-14-5-10-22-11-6-14/h1-6,10-11,13H,7-9,12H2,(H,23,25). The van der Waals surface area contributed by atoms with Crippen LogP contribution in [-0.2, 0) is 16.6 Å². The first-order chi connectivity index (χ1) is 12.7. The minimum Gasteiger partial charge on any atom is -0.356 e. The predicted octanol–water partition coefficient (Wildman–Crippen LogP) is 3.78. The SMILES string of the molecule is O=C(NCCc1ccncc1)C1(c2cc(-c3ccc(Cl)cc3)on2)CC1. The molecule has 2 heterocycles. The monoisotopic (exact) mass is 367 g/mol. The highest BCUT2D eigenvalue weighted by atomic mass is 35.5. The number of hydrogen-bond acceptors (Lipinski definition) is 4. The van der Waals surface area contributed by atoms with Crippen molar-refractivity contribution in [1.82, 2.24) is 15.5 Å². The fourth-order valence-corrected chi connectivity index (χ4v) is 3.14. The van der Waals surface area contributed by atoms with Crippen LogP contribution in [0.5, 0.6) is 0 Å². The Morgan fingerprint density at radius 3 is 2.58 bits per heavy atom. The van der Waals surface area contributed by atoms with E-state index in [2.05, 4.69) is 15.5 Å². The Balaban J connectivity index is 1.42. The van der Waals surface area contributed by atoms with Gasteiger partial charge in [0.15, 0.2) is 5.76 Å². The van der Waals surface area contributed by atoms with Gasteiger partial charge in [0.2, 0.25) is 5.91 Å². The Labute approximate surface area is 156 Å². The highest BCUT2D eigenvalue weighted by Crippen LogP contribution is 2.48. The van der Waals surface area contributed by atoms with Gasteiger partial charge in [0.05, 0.1) is 11.1 Å². The molecule has 0 bridgehead atoms. The maximum absolute atomic E-state index is 12.7. The average molecular weight is 368 g/mol. The molecule has 0 saturated heterocycles. The van der Waals surface area contributed by atoms with E-state index in [0.717, 1.165) is 30.4 Å². The van der Waals surface area contributed by atoms with Crippen molar-refractivity contribution >= 4 is 17.5 Å². The molecule has 1 aliphatic rings. The molecule has 0 unspecified atom stereocenters. The Morgan fingerprint density at radius 2 is 1.88 bits per heavy atom. The van der Waals surface area contributed by atoms with Gasteiger partial charge in [-0.15, -0.1) is 0 Å². The molecule has 1 amide bonds. The van der Waals surface area contributed by atoms with Crippen molar-refractivity contribution in [3.63, 3.8) is 0 Å². The number of carbonyl (C=O) groups excluding carboxylic acids is 1. The summed E-state index contributed by atoms with van der Waals surface area (Å²) in [4.78, 5) is 16.7. The van der Waals surface area contributed by atoms with Crippen molar-refractivity contribution < 1.29 is 9.32 Å². The Bertz CT molecular complexity index is 902. The number of aromatic nitrogens is 2. The van der Waals surface area contributed by atoms with Crippen LogP contribution in [0.2, 0.25) is 5.02 Å². The maximum Gasteiger partial charge on any atom is 0.232 e. The van der Waals surface area contributed by atoms with Crippen LogP contribution in [0, 0.1) is 0 Å². The molecule has 0 aliphatic heterocycles. The van der Waals surface area contributed by atoms with Crippen molar-refractivity contribution in [3.8, 4) is 11.3 Å². The summed E-state index contributed by atoms with van der Waals surface area (Å²) in [6.07, 6.45) is 5.88. The molecular weight excluding hydrogens is 350 g/mol. The second-order valence-corrected chi connectivity index (χ2v) is 6.96. The zero-order valence-electron chi connectivity index (χ0n) is 14.1. The summed E-state index contributed by atoms with van der Waals surface area (Å²) in [5.74, 6) is 0.662. The summed E-state index contributed by atoms with van der Waals surface area (Å²) in [6, 6.07) is 13.1. The van der Waals surface area contributed by atoms with Gasteiger partial charge < -0.3 is 9.84 Å². The van der Waals surface area contributed by atoms with Crippen molar-refractivity contribution in [1.29, 1.82) is 0 Å². The van der Waals surface area contributed by atoms with Crippen LogP contribution < -0.4 is 5.32 Å². The summed E-state index contributed by atoms with van der Waals surface area (Å²) < 4.78 is 5.46. The van der Waals surface area contributed by atoms with E-state index in [0.29, 0.717) is 23.0 Å². The van der Waals surface area contributed by atoms with E-state index in [-0.39, 0.29) is 5.91 Å². The second kappa shape index (κ2) is 6.92. The molecule has 1 N–H and O–H groups in total. The zero-order chi connectivity index (χ0) is 18.0. The summed E-state index contributed by atoms with van der Waals surface area (Å²) in [7, 11) is 0. The molecule has 1 fully saturated rings. The molecule has 3 aromatic rings. The Hall–Kier alpha value is -2.66. The molecule has 0 atom stereocenters. The minimum absolute atomic E-state index is 0.0162. The molecule has 1 aliphatic carbocycles. The van der Waals surface area contributed by atoms with Crippen molar-refractivity contribution in [2.75, 3.05) is 6.54 Å². The van der Waals surface area contributed by atoms with Crippen LogP contribution in [0.4, 0.5) is 0 Å². The van der Waals surface area contributed by atoms with Crippen LogP contribution >= 0.6 is 11.6 Å².